The van der Waals surface area contributed by atoms with Crippen LogP contribution in [0.3, 0.4) is 0 Å². The number of benzene rings is 1. The van der Waals surface area contributed by atoms with Crippen molar-refractivity contribution in [1.82, 2.24) is 20.3 Å². The molecule has 19 heavy (non-hydrogen) atoms. The smallest absolute Gasteiger partial charge is 0.0965 e. The summed E-state index contributed by atoms with van der Waals surface area (Å²) in [6.45, 7) is 5.88. The van der Waals surface area contributed by atoms with Gasteiger partial charge in [-0.3, -0.25) is 0 Å². The second-order valence-corrected chi connectivity index (χ2v) is 5.56. The van der Waals surface area contributed by atoms with E-state index in [9.17, 15) is 0 Å². The van der Waals surface area contributed by atoms with Gasteiger partial charge in [-0.25, -0.2) is 4.68 Å². The molecule has 1 saturated carbocycles. The maximum atomic E-state index is 4.21. The van der Waals surface area contributed by atoms with Crippen LogP contribution in [-0.4, -0.2) is 21.0 Å². The maximum Gasteiger partial charge on any atom is 0.0965 e. The Morgan fingerprint density at radius 3 is 2.63 bits per heavy atom. The van der Waals surface area contributed by atoms with Crippen molar-refractivity contribution in [3.8, 4) is 0 Å². The lowest BCUT2D eigenvalue weighted by Gasteiger charge is -2.04. The van der Waals surface area contributed by atoms with E-state index in [1.54, 1.807) is 0 Å². The van der Waals surface area contributed by atoms with Crippen molar-refractivity contribution in [2.75, 3.05) is 0 Å². The average Bonchev–Trinajstić information content (AvgIpc) is 3.06. The van der Waals surface area contributed by atoms with Crippen molar-refractivity contribution in [3.05, 3.63) is 46.8 Å². The molecule has 1 heterocycles. The van der Waals surface area contributed by atoms with Gasteiger partial charge in [-0.1, -0.05) is 34.5 Å². The van der Waals surface area contributed by atoms with E-state index in [0.717, 1.165) is 18.8 Å². The highest BCUT2D eigenvalue weighted by atomic mass is 15.4. The van der Waals surface area contributed by atoms with Crippen LogP contribution in [0, 0.1) is 13.8 Å². The summed E-state index contributed by atoms with van der Waals surface area (Å²) in [6, 6.07) is 7.31. The minimum Gasteiger partial charge on any atom is -0.308 e. The molecular weight excluding hydrogens is 236 g/mol. The number of hydrogen-bond acceptors (Lipinski definition) is 3. The molecule has 0 aliphatic heterocycles. The number of hydrogen-bond donors (Lipinski definition) is 1. The lowest BCUT2D eigenvalue weighted by molar-refractivity contribution is 0.645. The summed E-state index contributed by atoms with van der Waals surface area (Å²) in [5.74, 6) is 0. The van der Waals surface area contributed by atoms with Crippen LogP contribution >= 0.6 is 0 Å². The van der Waals surface area contributed by atoms with Crippen LogP contribution in [0.2, 0.25) is 0 Å². The van der Waals surface area contributed by atoms with Gasteiger partial charge in [-0.2, -0.15) is 0 Å². The van der Waals surface area contributed by atoms with E-state index in [4.69, 9.17) is 0 Å². The number of aromatic nitrogens is 3. The molecule has 1 fully saturated rings. The first-order chi connectivity index (χ1) is 9.19. The molecule has 0 bridgehead atoms. The fourth-order valence-corrected chi connectivity index (χ4v) is 2.38. The average molecular weight is 256 g/mol. The predicted molar refractivity (Wildman–Crippen MR) is 74.9 cm³/mol. The Labute approximate surface area is 113 Å². The molecule has 1 N–H and O–H groups in total. The molecule has 0 unspecified atom stereocenters. The minimum atomic E-state index is 0.713. The largest absolute Gasteiger partial charge is 0.308 e. The van der Waals surface area contributed by atoms with Crippen molar-refractivity contribution in [3.63, 3.8) is 0 Å². The van der Waals surface area contributed by atoms with Gasteiger partial charge in [0.25, 0.3) is 0 Å². The number of aryl methyl sites for hydroxylation is 2. The molecule has 1 aliphatic rings. The summed E-state index contributed by atoms with van der Waals surface area (Å²) >= 11 is 0. The Balaban J connectivity index is 1.65. The zero-order valence-corrected chi connectivity index (χ0v) is 11.6. The van der Waals surface area contributed by atoms with E-state index in [1.807, 2.05) is 10.9 Å². The zero-order chi connectivity index (χ0) is 13.2. The first kappa shape index (κ1) is 12.4. The lowest BCUT2D eigenvalue weighted by atomic mass is 10.1. The third kappa shape index (κ3) is 3.41. The van der Waals surface area contributed by atoms with Crippen LogP contribution in [0.15, 0.2) is 24.4 Å². The minimum absolute atomic E-state index is 0.713. The van der Waals surface area contributed by atoms with Crippen molar-refractivity contribution in [2.24, 2.45) is 0 Å². The van der Waals surface area contributed by atoms with E-state index in [2.05, 4.69) is 47.7 Å². The predicted octanol–water partition coefficient (Wildman–Crippen LogP) is 2.20. The molecule has 0 amide bonds. The molecule has 1 aromatic heterocycles. The Morgan fingerprint density at radius 2 is 1.95 bits per heavy atom. The van der Waals surface area contributed by atoms with Crippen LogP contribution in [-0.2, 0) is 13.1 Å². The zero-order valence-electron chi connectivity index (χ0n) is 11.6. The van der Waals surface area contributed by atoms with Crippen molar-refractivity contribution in [2.45, 2.75) is 45.8 Å². The normalized spacial score (nSPS) is 14.8. The van der Waals surface area contributed by atoms with Gasteiger partial charge in [0.15, 0.2) is 0 Å². The first-order valence-electron chi connectivity index (χ1n) is 6.88. The van der Waals surface area contributed by atoms with Crippen molar-refractivity contribution in [1.29, 1.82) is 0 Å². The van der Waals surface area contributed by atoms with Gasteiger partial charge >= 0.3 is 0 Å². The summed E-state index contributed by atoms with van der Waals surface area (Å²) in [6.07, 6.45) is 4.64. The van der Waals surface area contributed by atoms with Gasteiger partial charge < -0.3 is 5.32 Å². The highest BCUT2D eigenvalue weighted by Gasteiger charge is 2.20. The number of nitrogens with zero attached hydrogens (tertiary/aromatic N) is 3. The van der Waals surface area contributed by atoms with E-state index < -0.39 is 0 Å². The quantitative estimate of drug-likeness (QED) is 0.891. The third-order valence-electron chi connectivity index (χ3n) is 3.36. The van der Waals surface area contributed by atoms with E-state index in [0.29, 0.717) is 6.04 Å². The summed E-state index contributed by atoms with van der Waals surface area (Å²) < 4.78 is 1.91. The number of rotatable bonds is 5. The molecule has 4 heteroatoms. The molecular formula is C15H20N4. The molecule has 0 radical (unpaired) electrons. The van der Waals surface area contributed by atoms with Crippen LogP contribution < -0.4 is 5.32 Å². The van der Waals surface area contributed by atoms with Gasteiger partial charge in [-0.15, -0.1) is 5.10 Å². The van der Waals surface area contributed by atoms with Gasteiger partial charge in [0, 0.05) is 12.6 Å². The molecule has 0 atom stereocenters. The highest BCUT2D eigenvalue weighted by molar-refractivity contribution is 5.28. The van der Waals surface area contributed by atoms with Crippen molar-refractivity contribution >= 4 is 0 Å². The van der Waals surface area contributed by atoms with Gasteiger partial charge in [0.1, 0.15) is 0 Å². The van der Waals surface area contributed by atoms with Gasteiger partial charge in [0.2, 0.25) is 0 Å². The van der Waals surface area contributed by atoms with Crippen molar-refractivity contribution < 1.29 is 0 Å². The third-order valence-corrected chi connectivity index (χ3v) is 3.36. The summed E-state index contributed by atoms with van der Waals surface area (Å²) in [5.41, 5.74) is 4.90. The fourth-order valence-electron chi connectivity index (χ4n) is 2.38. The second kappa shape index (κ2) is 5.13. The van der Waals surface area contributed by atoms with E-state index >= 15 is 0 Å². The van der Waals surface area contributed by atoms with Crippen LogP contribution in [0.1, 0.15) is 35.2 Å². The molecule has 4 nitrogen and oxygen atoms in total. The monoisotopic (exact) mass is 256 g/mol. The first-order valence-corrected chi connectivity index (χ1v) is 6.88. The highest BCUT2D eigenvalue weighted by Crippen LogP contribution is 2.19. The maximum absolute atomic E-state index is 4.21. The molecule has 0 spiro atoms. The summed E-state index contributed by atoms with van der Waals surface area (Å²) in [7, 11) is 0. The summed E-state index contributed by atoms with van der Waals surface area (Å²) in [5, 5.41) is 11.9. The standard InChI is InChI=1S/C15H20N4/c1-11-5-12(2)7-13(6-11)9-19-10-15(17-18-19)8-16-14-3-4-14/h5-7,10,14,16H,3-4,8-9H2,1-2H3. The lowest BCUT2D eigenvalue weighted by Crippen LogP contribution is -2.15. The number of nitrogens with one attached hydrogen (secondary N) is 1. The Morgan fingerprint density at radius 1 is 1.21 bits per heavy atom. The Bertz CT molecular complexity index is 549. The van der Waals surface area contributed by atoms with Crippen LogP contribution in [0.25, 0.3) is 0 Å². The molecule has 3 rings (SSSR count). The van der Waals surface area contributed by atoms with Gasteiger partial charge in [-0.05, 0) is 32.3 Å². The van der Waals surface area contributed by atoms with E-state index in [-0.39, 0.29) is 0 Å². The molecule has 1 aliphatic carbocycles. The SMILES string of the molecule is Cc1cc(C)cc(Cn2cc(CNC3CC3)nn2)c1. The molecule has 100 valence electrons. The topological polar surface area (TPSA) is 42.7 Å². The molecule has 2 aromatic rings. The summed E-state index contributed by atoms with van der Waals surface area (Å²) in [4.78, 5) is 0. The molecule has 0 saturated heterocycles. The Hall–Kier alpha value is -1.68. The van der Waals surface area contributed by atoms with Crippen LogP contribution in [0.5, 0.6) is 0 Å². The fraction of sp³-hybridized carbons (Fsp3) is 0.467. The second-order valence-electron chi connectivity index (χ2n) is 5.56. The Kier molecular flexibility index (Phi) is 3.34. The van der Waals surface area contributed by atoms with Gasteiger partial charge in [0.05, 0.1) is 18.4 Å². The molecule has 1 aromatic carbocycles. The van der Waals surface area contributed by atoms with E-state index in [1.165, 1.54) is 29.5 Å². The van der Waals surface area contributed by atoms with Crippen LogP contribution in [0.4, 0.5) is 0 Å².